The van der Waals surface area contributed by atoms with E-state index >= 15 is 4.39 Å². The molecule has 1 atom stereocenters. The maximum absolute atomic E-state index is 15.1. The van der Waals surface area contributed by atoms with Crippen molar-refractivity contribution in [2.75, 3.05) is 0 Å². The van der Waals surface area contributed by atoms with Gasteiger partial charge < -0.3 is 4.74 Å². The third-order valence-electron chi connectivity index (χ3n) is 5.49. The summed E-state index contributed by atoms with van der Waals surface area (Å²) < 4.78 is 73.3. The average Bonchev–Trinajstić information content (AvgIpc) is 3.60. The van der Waals surface area contributed by atoms with E-state index < -0.39 is 23.5 Å². The summed E-state index contributed by atoms with van der Waals surface area (Å²) in [5, 5.41) is 0. The van der Waals surface area contributed by atoms with Gasteiger partial charge >= 0.3 is 6.18 Å². The van der Waals surface area contributed by atoms with Crippen molar-refractivity contribution in [1.82, 2.24) is 0 Å². The van der Waals surface area contributed by atoms with Gasteiger partial charge in [-0.1, -0.05) is 36.4 Å². The summed E-state index contributed by atoms with van der Waals surface area (Å²) in [6.45, 7) is 0. The molecule has 3 aromatic carbocycles. The molecule has 0 heterocycles. The minimum atomic E-state index is -4.43. The van der Waals surface area contributed by atoms with Crippen molar-refractivity contribution in [3.8, 4) is 11.5 Å². The van der Waals surface area contributed by atoms with Crippen LogP contribution in [0.4, 0.5) is 22.0 Å². The molecule has 32 heavy (non-hydrogen) atoms. The summed E-state index contributed by atoms with van der Waals surface area (Å²) in [4.78, 5) is 0. The SMILES string of the molecule is F/C(=C\Cc1ccc(F)c(Oc2ccccc2)c1)C(c1ccc(C(F)(F)F)cc1)C1CC1. The van der Waals surface area contributed by atoms with Crippen LogP contribution >= 0.6 is 0 Å². The lowest BCUT2D eigenvalue weighted by atomic mass is 9.91. The quantitative estimate of drug-likeness (QED) is 0.334. The highest BCUT2D eigenvalue weighted by Crippen LogP contribution is 2.47. The Hall–Kier alpha value is -3.15. The van der Waals surface area contributed by atoms with E-state index in [1.807, 2.05) is 6.07 Å². The van der Waals surface area contributed by atoms with Crippen LogP contribution in [0.2, 0.25) is 0 Å². The predicted octanol–water partition coefficient (Wildman–Crippen LogP) is 8.23. The van der Waals surface area contributed by atoms with Crippen LogP contribution in [0.25, 0.3) is 0 Å². The molecule has 1 aliphatic rings. The molecule has 1 nitrogen and oxygen atoms in total. The van der Waals surface area contributed by atoms with Crippen LogP contribution in [0.5, 0.6) is 11.5 Å². The molecular formula is C26H21F5O. The predicted molar refractivity (Wildman–Crippen MR) is 113 cm³/mol. The normalized spacial score (nSPS) is 15.5. The molecule has 0 aromatic heterocycles. The molecule has 166 valence electrons. The second-order valence-electron chi connectivity index (χ2n) is 7.91. The van der Waals surface area contributed by atoms with Gasteiger partial charge in [-0.25, -0.2) is 8.78 Å². The summed E-state index contributed by atoms with van der Waals surface area (Å²) in [5.41, 5.74) is 0.438. The molecule has 1 saturated carbocycles. The lowest BCUT2D eigenvalue weighted by Gasteiger charge is -2.16. The highest BCUT2D eigenvalue weighted by atomic mass is 19.4. The second-order valence-corrected chi connectivity index (χ2v) is 7.91. The van der Waals surface area contributed by atoms with Gasteiger partial charge in [0.25, 0.3) is 0 Å². The molecule has 3 aromatic rings. The van der Waals surface area contributed by atoms with Gasteiger partial charge in [0.2, 0.25) is 0 Å². The first kappa shape index (κ1) is 22.1. The zero-order valence-electron chi connectivity index (χ0n) is 17.1. The fourth-order valence-corrected chi connectivity index (χ4v) is 3.68. The van der Waals surface area contributed by atoms with E-state index in [2.05, 4.69) is 0 Å². The largest absolute Gasteiger partial charge is 0.454 e. The maximum Gasteiger partial charge on any atom is 0.416 e. The van der Waals surface area contributed by atoms with E-state index in [1.54, 1.807) is 30.3 Å². The lowest BCUT2D eigenvalue weighted by Crippen LogP contribution is -2.07. The van der Waals surface area contributed by atoms with E-state index in [9.17, 15) is 17.6 Å². The third kappa shape index (κ3) is 5.36. The van der Waals surface area contributed by atoms with Crippen molar-refractivity contribution in [3.05, 3.63) is 107 Å². The lowest BCUT2D eigenvalue weighted by molar-refractivity contribution is -0.137. The Balaban J connectivity index is 1.51. The summed E-state index contributed by atoms with van der Waals surface area (Å²) in [5.74, 6) is -0.874. The number of halogens is 5. The van der Waals surface area contributed by atoms with Crippen molar-refractivity contribution < 1.29 is 26.7 Å². The van der Waals surface area contributed by atoms with Gasteiger partial charge in [-0.05, 0) is 78.8 Å². The Bertz CT molecular complexity index is 1080. The summed E-state index contributed by atoms with van der Waals surface area (Å²) in [7, 11) is 0. The standard InChI is InChI=1S/C26H21F5O/c27-22-14-6-17(16-24(22)32-21-4-2-1-3-5-21)7-15-23(28)25(18-8-9-18)19-10-12-20(13-11-19)26(29,30)31/h1-6,10-16,18,25H,7-9H2/b23-15-. The zero-order valence-corrected chi connectivity index (χ0v) is 17.1. The highest BCUT2D eigenvalue weighted by Gasteiger charge is 2.36. The van der Waals surface area contributed by atoms with Gasteiger partial charge in [-0.2, -0.15) is 13.2 Å². The number of alkyl halides is 3. The van der Waals surface area contributed by atoms with Gasteiger partial charge in [0.05, 0.1) is 5.56 Å². The van der Waals surface area contributed by atoms with Crippen molar-refractivity contribution in [2.24, 2.45) is 5.92 Å². The van der Waals surface area contributed by atoms with E-state index in [-0.39, 0.29) is 23.9 Å². The van der Waals surface area contributed by atoms with Crippen molar-refractivity contribution in [3.63, 3.8) is 0 Å². The van der Waals surface area contributed by atoms with Crippen molar-refractivity contribution in [1.29, 1.82) is 0 Å². The molecule has 6 heteroatoms. The van der Waals surface area contributed by atoms with Crippen molar-refractivity contribution in [2.45, 2.75) is 31.4 Å². The molecule has 0 aliphatic heterocycles. The van der Waals surface area contributed by atoms with Gasteiger partial charge in [0.15, 0.2) is 11.6 Å². The van der Waals surface area contributed by atoms with Crippen LogP contribution in [-0.4, -0.2) is 0 Å². The molecule has 0 radical (unpaired) electrons. The monoisotopic (exact) mass is 444 g/mol. The first-order valence-electron chi connectivity index (χ1n) is 10.4. The summed E-state index contributed by atoms with van der Waals surface area (Å²) in [6.07, 6.45) is -1.14. The number of allylic oxidation sites excluding steroid dienone is 2. The van der Waals surface area contributed by atoms with Crippen LogP contribution in [0.1, 0.15) is 35.4 Å². The molecule has 0 bridgehead atoms. The van der Waals surface area contributed by atoms with Gasteiger partial charge in [0.1, 0.15) is 11.6 Å². The number of hydrogen-bond acceptors (Lipinski definition) is 1. The molecule has 0 saturated heterocycles. The number of para-hydroxylation sites is 1. The fourth-order valence-electron chi connectivity index (χ4n) is 3.68. The third-order valence-corrected chi connectivity index (χ3v) is 5.49. The topological polar surface area (TPSA) is 9.23 Å². The minimum Gasteiger partial charge on any atom is -0.454 e. The first-order chi connectivity index (χ1) is 15.3. The van der Waals surface area contributed by atoms with Crippen LogP contribution in [0.3, 0.4) is 0 Å². The highest BCUT2D eigenvalue weighted by molar-refractivity contribution is 5.37. The van der Waals surface area contributed by atoms with Crippen LogP contribution in [-0.2, 0) is 12.6 Å². The maximum atomic E-state index is 15.1. The number of ether oxygens (including phenoxy) is 1. The van der Waals surface area contributed by atoms with Gasteiger partial charge in [0, 0.05) is 5.92 Å². The second kappa shape index (κ2) is 9.15. The minimum absolute atomic E-state index is 0.0454. The van der Waals surface area contributed by atoms with Gasteiger partial charge in [-0.3, -0.25) is 0 Å². The molecule has 1 fully saturated rings. The van der Waals surface area contributed by atoms with Gasteiger partial charge in [-0.15, -0.1) is 0 Å². The number of benzene rings is 3. The zero-order chi connectivity index (χ0) is 22.7. The molecule has 0 spiro atoms. The summed E-state index contributed by atoms with van der Waals surface area (Å²) >= 11 is 0. The molecule has 1 aliphatic carbocycles. The molecule has 1 unspecified atom stereocenters. The first-order valence-corrected chi connectivity index (χ1v) is 10.4. The van der Waals surface area contributed by atoms with Crippen LogP contribution in [0.15, 0.2) is 84.7 Å². The number of rotatable bonds is 7. The smallest absolute Gasteiger partial charge is 0.416 e. The molecular weight excluding hydrogens is 423 g/mol. The van der Waals surface area contributed by atoms with E-state index in [4.69, 9.17) is 4.74 Å². The molecule has 0 N–H and O–H groups in total. The van der Waals surface area contributed by atoms with E-state index in [0.717, 1.165) is 25.0 Å². The fraction of sp³-hybridized carbons (Fsp3) is 0.231. The van der Waals surface area contributed by atoms with Crippen LogP contribution in [0, 0.1) is 11.7 Å². The van der Waals surface area contributed by atoms with E-state index in [1.165, 1.54) is 30.3 Å². The average molecular weight is 444 g/mol. The Labute approximate surface area is 183 Å². The van der Waals surface area contributed by atoms with Crippen molar-refractivity contribution >= 4 is 0 Å². The van der Waals surface area contributed by atoms with E-state index in [0.29, 0.717) is 16.9 Å². The Morgan fingerprint density at radius 2 is 1.66 bits per heavy atom. The Kier molecular flexibility index (Phi) is 6.31. The molecule has 4 rings (SSSR count). The molecule has 0 amide bonds. The summed E-state index contributed by atoms with van der Waals surface area (Å²) in [6, 6.07) is 17.8. The van der Waals surface area contributed by atoms with Crippen LogP contribution < -0.4 is 4.74 Å². The Morgan fingerprint density at radius 3 is 2.28 bits per heavy atom. The number of hydrogen-bond donors (Lipinski definition) is 0. The Morgan fingerprint density at radius 1 is 0.969 bits per heavy atom.